The number of hydrogen-bond acceptors (Lipinski definition) is 3. The molecule has 0 heterocycles. The summed E-state index contributed by atoms with van der Waals surface area (Å²) in [4.78, 5) is 0. The zero-order valence-corrected chi connectivity index (χ0v) is 11.9. The Morgan fingerprint density at radius 3 is 2.72 bits per heavy atom. The normalized spacial score (nSPS) is 16.3. The van der Waals surface area contributed by atoms with E-state index >= 15 is 0 Å². The van der Waals surface area contributed by atoms with E-state index in [1.54, 1.807) is 6.92 Å². The van der Waals surface area contributed by atoms with E-state index in [9.17, 15) is 8.42 Å². The van der Waals surface area contributed by atoms with Crippen LogP contribution in [-0.2, 0) is 22.7 Å². The number of benzene rings is 1. The fourth-order valence-electron chi connectivity index (χ4n) is 2.49. The fourth-order valence-corrected chi connectivity index (χ4v) is 3.57. The quantitative estimate of drug-likeness (QED) is 0.891. The first-order chi connectivity index (χ1) is 8.50. The van der Waals surface area contributed by atoms with Crippen molar-refractivity contribution in [2.24, 2.45) is 0 Å². The molecule has 0 saturated carbocycles. The highest BCUT2D eigenvalue weighted by atomic mass is 32.2. The van der Waals surface area contributed by atoms with Gasteiger partial charge < -0.3 is 5.32 Å². The summed E-state index contributed by atoms with van der Waals surface area (Å²) in [6.45, 7) is 3.61. The van der Waals surface area contributed by atoms with E-state index in [1.807, 2.05) is 6.92 Å². The average Bonchev–Trinajstić information content (AvgIpc) is 2.75. The van der Waals surface area contributed by atoms with Crippen LogP contribution in [0.2, 0.25) is 0 Å². The first-order valence-electron chi connectivity index (χ1n) is 6.59. The van der Waals surface area contributed by atoms with Crippen LogP contribution in [0.1, 0.15) is 31.4 Å². The van der Waals surface area contributed by atoms with E-state index in [-0.39, 0.29) is 17.5 Å². The molecule has 1 aliphatic carbocycles. The molecule has 3 nitrogen and oxygen atoms in total. The molecule has 1 aliphatic rings. The minimum Gasteiger partial charge on any atom is -0.382 e. The summed E-state index contributed by atoms with van der Waals surface area (Å²) in [5.41, 5.74) is 3.88. The first-order valence-corrected chi connectivity index (χ1v) is 8.41. The van der Waals surface area contributed by atoms with Crippen molar-refractivity contribution in [1.29, 1.82) is 0 Å². The number of aryl methyl sites for hydroxylation is 2. The molecular formula is C14H21NO2S. The molecule has 2 rings (SSSR count). The molecule has 0 fully saturated rings. The minimum absolute atomic E-state index is 0.0468. The van der Waals surface area contributed by atoms with E-state index < -0.39 is 9.84 Å². The molecule has 0 aliphatic heterocycles. The molecule has 1 N–H and O–H groups in total. The SMILES string of the molecule is CCS(=O)(=O)CC(C)Nc1ccc2c(c1)CCC2. The summed E-state index contributed by atoms with van der Waals surface area (Å²) in [5.74, 6) is 0.407. The number of sulfone groups is 1. The maximum atomic E-state index is 11.5. The molecule has 4 heteroatoms. The topological polar surface area (TPSA) is 46.2 Å². The van der Waals surface area contributed by atoms with Gasteiger partial charge in [-0.15, -0.1) is 0 Å². The number of fused-ring (bicyclic) bond motifs is 1. The van der Waals surface area contributed by atoms with Crippen LogP contribution in [0.3, 0.4) is 0 Å². The van der Waals surface area contributed by atoms with Crippen molar-refractivity contribution < 1.29 is 8.42 Å². The second-order valence-corrected chi connectivity index (χ2v) is 7.48. The fraction of sp³-hybridized carbons (Fsp3) is 0.571. The highest BCUT2D eigenvalue weighted by Crippen LogP contribution is 2.25. The lowest BCUT2D eigenvalue weighted by Gasteiger charge is -2.15. The zero-order valence-electron chi connectivity index (χ0n) is 11.1. The lowest BCUT2D eigenvalue weighted by atomic mass is 10.1. The first kappa shape index (κ1) is 13.4. The molecule has 1 unspecified atom stereocenters. The molecule has 1 atom stereocenters. The van der Waals surface area contributed by atoms with Crippen LogP contribution in [-0.4, -0.2) is 26.0 Å². The van der Waals surface area contributed by atoms with Crippen molar-refractivity contribution in [3.05, 3.63) is 29.3 Å². The maximum Gasteiger partial charge on any atom is 0.152 e. The van der Waals surface area contributed by atoms with Gasteiger partial charge in [0, 0.05) is 17.5 Å². The molecule has 0 bridgehead atoms. The molecular weight excluding hydrogens is 246 g/mol. The van der Waals surface area contributed by atoms with Gasteiger partial charge in [-0.3, -0.25) is 0 Å². The van der Waals surface area contributed by atoms with Gasteiger partial charge in [-0.2, -0.15) is 0 Å². The number of anilines is 1. The van der Waals surface area contributed by atoms with E-state index in [4.69, 9.17) is 0 Å². The van der Waals surface area contributed by atoms with Gasteiger partial charge in [0.25, 0.3) is 0 Å². The Kier molecular flexibility index (Phi) is 3.95. The van der Waals surface area contributed by atoms with Crippen molar-refractivity contribution in [1.82, 2.24) is 0 Å². The monoisotopic (exact) mass is 267 g/mol. The van der Waals surface area contributed by atoms with E-state index in [0.717, 1.165) is 12.1 Å². The molecule has 100 valence electrons. The number of nitrogens with one attached hydrogen (secondary N) is 1. The molecule has 0 saturated heterocycles. The lowest BCUT2D eigenvalue weighted by molar-refractivity contribution is 0.593. The van der Waals surface area contributed by atoms with Crippen LogP contribution < -0.4 is 5.32 Å². The van der Waals surface area contributed by atoms with Gasteiger partial charge in [0.15, 0.2) is 9.84 Å². The Balaban J connectivity index is 2.01. The van der Waals surface area contributed by atoms with E-state index in [0.29, 0.717) is 0 Å². The molecule has 0 radical (unpaired) electrons. The summed E-state index contributed by atoms with van der Waals surface area (Å²) >= 11 is 0. The smallest absolute Gasteiger partial charge is 0.152 e. The molecule has 1 aromatic rings. The van der Waals surface area contributed by atoms with Crippen molar-refractivity contribution in [2.75, 3.05) is 16.8 Å². The van der Waals surface area contributed by atoms with Gasteiger partial charge in [0.05, 0.1) is 5.75 Å². The van der Waals surface area contributed by atoms with Crippen LogP contribution in [0, 0.1) is 0 Å². The predicted octanol–water partition coefficient (Wildman–Crippen LogP) is 2.41. The summed E-state index contributed by atoms with van der Waals surface area (Å²) in [6.07, 6.45) is 3.56. The second kappa shape index (κ2) is 5.31. The zero-order chi connectivity index (χ0) is 13.2. The third kappa shape index (κ3) is 3.25. The summed E-state index contributed by atoms with van der Waals surface area (Å²) < 4.78 is 23.1. The Morgan fingerprint density at radius 1 is 1.28 bits per heavy atom. The highest BCUT2D eigenvalue weighted by molar-refractivity contribution is 7.91. The van der Waals surface area contributed by atoms with Crippen molar-refractivity contribution in [3.63, 3.8) is 0 Å². The minimum atomic E-state index is -2.91. The maximum absolute atomic E-state index is 11.5. The van der Waals surface area contributed by atoms with E-state index in [1.165, 1.54) is 24.0 Å². The summed E-state index contributed by atoms with van der Waals surface area (Å²) in [6, 6.07) is 6.33. The molecule has 0 aromatic heterocycles. The molecule has 0 spiro atoms. The van der Waals surface area contributed by atoms with Crippen LogP contribution in [0.25, 0.3) is 0 Å². The van der Waals surface area contributed by atoms with Crippen LogP contribution in [0.4, 0.5) is 5.69 Å². The molecule has 0 amide bonds. The lowest BCUT2D eigenvalue weighted by Crippen LogP contribution is -2.26. The predicted molar refractivity (Wildman–Crippen MR) is 75.9 cm³/mol. The van der Waals surface area contributed by atoms with Crippen molar-refractivity contribution >= 4 is 15.5 Å². The summed E-state index contributed by atoms with van der Waals surface area (Å²) in [5, 5.41) is 3.28. The van der Waals surface area contributed by atoms with Gasteiger partial charge in [0.1, 0.15) is 0 Å². The standard InChI is InChI=1S/C14H21NO2S/c1-3-18(16,17)10-11(2)15-14-8-7-12-5-4-6-13(12)9-14/h7-9,11,15H,3-6,10H2,1-2H3. The molecule has 18 heavy (non-hydrogen) atoms. The van der Waals surface area contributed by atoms with Crippen LogP contribution >= 0.6 is 0 Å². The Labute approximate surface area is 110 Å². The van der Waals surface area contributed by atoms with Gasteiger partial charge in [0.2, 0.25) is 0 Å². The van der Waals surface area contributed by atoms with Gasteiger partial charge in [-0.05, 0) is 49.4 Å². The van der Waals surface area contributed by atoms with Gasteiger partial charge in [-0.25, -0.2) is 8.42 Å². The van der Waals surface area contributed by atoms with Crippen molar-refractivity contribution in [2.45, 2.75) is 39.2 Å². The van der Waals surface area contributed by atoms with Gasteiger partial charge in [-0.1, -0.05) is 13.0 Å². The summed E-state index contributed by atoms with van der Waals surface area (Å²) in [7, 11) is -2.91. The van der Waals surface area contributed by atoms with Crippen molar-refractivity contribution in [3.8, 4) is 0 Å². The Bertz CT molecular complexity index is 523. The molecule has 1 aromatic carbocycles. The van der Waals surface area contributed by atoms with Gasteiger partial charge >= 0.3 is 0 Å². The van der Waals surface area contributed by atoms with Crippen LogP contribution in [0.15, 0.2) is 18.2 Å². The largest absolute Gasteiger partial charge is 0.382 e. The Hall–Kier alpha value is -1.03. The average molecular weight is 267 g/mol. The number of hydrogen-bond donors (Lipinski definition) is 1. The highest BCUT2D eigenvalue weighted by Gasteiger charge is 2.15. The Morgan fingerprint density at radius 2 is 2.00 bits per heavy atom. The number of rotatable bonds is 5. The second-order valence-electron chi connectivity index (χ2n) is 5.08. The third-order valence-electron chi connectivity index (χ3n) is 3.46. The van der Waals surface area contributed by atoms with E-state index in [2.05, 4.69) is 23.5 Å². The van der Waals surface area contributed by atoms with Crippen LogP contribution in [0.5, 0.6) is 0 Å². The third-order valence-corrected chi connectivity index (χ3v) is 5.34.